The van der Waals surface area contributed by atoms with Crippen LogP contribution in [0.4, 0.5) is 0 Å². The van der Waals surface area contributed by atoms with E-state index in [4.69, 9.17) is 9.47 Å². The van der Waals surface area contributed by atoms with Crippen molar-refractivity contribution in [3.63, 3.8) is 0 Å². The summed E-state index contributed by atoms with van der Waals surface area (Å²) in [5, 5.41) is 0. The van der Waals surface area contributed by atoms with Crippen molar-refractivity contribution in [2.75, 3.05) is 6.61 Å². The summed E-state index contributed by atoms with van der Waals surface area (Å²) < 4.78 is 11.9. The van der Waals surface area contributed by atoms with Gasteiger partial charge in [-0.2, -0.15) is 0 Å². The molecule has 0 N–H and O–H groups in total. The first-order valence-electron chi connectivity index (χ1n) is 8.69. The van der Waals surface area contributed by atoms with Gasteiger partial charge in [-0.15, -0.1) is 0 Å². The zero-order valence-corrected chi connectivity index (χ0v) is 13.6. The zero-order valence-electron chi connectivity index (χ0n) is 13.6. The Morgan fingerprint density at radius 1 is 1.00 bits per heavy atom. The first-order chi connectivity index (χ1) is 10.3. The molecule has 1 aromatic carbocycles. The normalized spacial score (nSPS) is 22.4. The summed E-state index contributed by atoms with van der Waals surface area (Å²) in [7, 11) is 0. The minimum Gasteiger partial charge on any atom is -0.348 e. The van der Waals surface area contributed by atoms with Crippen molar-refractivity contribution >= 4 is 0 Å². The molecule has 2 heteroatoms. The van der Waals surface area contributed by atoms with E-state index in [1.54, 1.807) is 0 Å². The third-order valence-corrected chi connectivity index (χ3v) is 4.23. The lowest BCUT2D eigenvalue weighted by Gasteiger charge is -2.30. The van der Waals surface area contributed by atoms with Crippen LogP contribution in [-0.2, 0) is 15.9 Å². The average molecular weight is 290 g/mol. The van der Waals surface area contributed by atoms with Gasteiger partial charge < -0.3 is 9.47 Å². The van der Waals surface area contributed by atoms with Crippen LogP contribution in [0.3, 0.4) is 0 Å². The number of unbranched alkanes of at least 4 members (excludes halogenated alkanes) is 3. The molecule has 1 fully saturated rings. The van der Waals surface area contributed by atoms with Crippen LogP contribution in [0.1, 0.15) is 76.2 Å². The molecule has 1 heterocycles. The Morgan fingerprint density at radius 3 is 2.48 bits per heavy atom. The SMILES string of the molecule is CCCCCC1CCOC(c2ccc(CCCC)cc2)O1. The van der Waals surface area contributed by atoms with Gasteiger partial charge in [0.25, 0.3) is 0 Å². The number of hydrogen-bond donors (Lipinski definition) is 0. The van der Waals surface area contributed by atoms with E-state index in [2.05, 4.69) is 38.1 Å². The van der Waals surface area contributed by atoms with E-state index in [0.717, 1.165) is 18.6 Å². The highest BCUT2D eigenvalue weighted by Gasteiger charge is 2.23. The first kappa shape index (κ1) is 16.5. The van der Waals surface area contributed by atoms with Crippen LogP contribution >= 0.6 is 0 Å². The van der Waals surface area contributed by atoms with Crippen molar-refractivity contribution in [2.45, 2.75) is 77.6 Å². The van der Waals surface area contributed by atoms with Crippen LogP contribution in [0.2, 0.25) is 0 Å². The summed E-state index contributed by atoms with van der Waals surface area (Å²) in [6.07, 6.45) is 9.93. The Balaban J connectivity index is 1.85. The van der Waals surface area contributed by atoms with Crippen molar-refractivity contribution in [3.8, 4) is 0 Å². The number of aryl methyl sites for hydroxylation is 1. The second kappa shape index (κ2) is 9.22. The predicted molar refractivity (Wildman–Crippen MR) is 87.4 cm³/mol. The molecule has 1 aliphatic rings. The average Bonchev–Trinajstić information content (AvgIpc) is 2.54. The molecule has 0 bridgehead atoms. The summed E-state index contributed by atoms with van der Waals surface area (Å²) in [5.41, 5.74) is 2.58. The molecule has 1 saturated heterocycles. The molecule has 0 aromatic heterocycles. The van der Waals surface area contributed by atoms with Gasteiger partial charge >= 0.3 is 0 Å². The summed E-state index contributed by atoms with van der Waals surface area (Å²) in [5.74, 6) is 0. The standard InChI is InChI=1S/C19H30O2/c1-3-5-7-9-18-14-15-20-19(21-18)17-12-10-16(11-13-17)8-6-4-2/h10-13,18-19H,3-9,14-15H2,1-2H3. The van der Waals surface area contributed by atoms with Crippen LogP contribution in [0, 0.1) is 0 Å². The first-order valence-corrected chi connectivity index (χ1v) is 8.69. The van der Waals surface area contributed by atoms with Crippen LogP contribution < -0.4 is 0 Å². The molecule has 2 unspecified atom stereocenters. The molecule has 118 valence electrons. The van der Waals surface area contributed by atoms with Gasteiger partial charge in [-0.05, 0) is 31.2 Å². The van der Waals surface area contributed by atoms with Gasteiger partial charge in [0.15, 0.2) is 6.29 Å². The summed E-state index contributed by atoms with van der Waals surface area (Å²) in [6, 6.07) is 8.78. The predicted octanol–water partition coefficient (Wildman–Crippen LogP) is 5.41. The van der Waals surface area contributed by atoms with Gasteiger partial charge in [0.2, 0.25) is 0 Å². The van der Waals surface area contributed by atoms with Gasteiger partial charge in [0.1, 0.15) is 0 Å². The maximum atomic E-state index is 6.12. The second-order valence-corrected chi connectivity index (χ2v) is 6.09. The Hall–Kier alpha value is -0.860. The van der Waals surface area contributed by atoms with E-state index in [-0.39, 0.29) is 6.29 Å². The third kappa shape index (κ3) is 5.44. The number of rotatable bonds is 8. The largest absolute Gasteiger partial charge is 0.348 e. The van der Waals surface area contributed by atoms with E-state index in [1.807, 2.05) is 0 Å². The lowest BCUT2D eigenvalue weighted by Crippen LogP contribution is -2.27. The molecular weight excluding hydrogens is 260 g/mol. The Labute approximate surface area is 129 Å². The minimum atomic E-state index is -0.161. The van der Waals surface area contributed by atoms with Crippen molar-refractivity contribution < 1.29 is 9.47 Å². The highest BCUT2D eigenvalue weighted by molar-refractivity contribution is 5.23. The lowest BCUT2D eigenvalue weighted by molar-refractivity contribution is -0.218. The molecule has 2 atom stereocenters. The van der Waals surface area contributed by atoms with Crippen molar-refractivity contribution in [2.24, 2.45) is 0 Å². The van der Waals surface area contributed by atoms with Gasteiger partial charge in [0.05, 0.1) is 12.7 Å². The molecule has 1 aromatic rings. The van der Waals surface area contributed by atoms with E-state index >= 15 is 0 Å². The molecule has 2 nitrogen and oxygen atoms in total. The molecule has 21 heavy (non-hydrogen) atoms. The molecule has 0 amide bonds. The summed E-state index contributed by atoms with van der Waals surface area (Å²) in [6.45, 7) is 5.30. The number of benzene rings is 1. The fourth-order valence-corrected chi connectivity index (χ4v) is 2.82. The van der Waals surface area contributed by atoms with Gasteiger partial charge in [-0.3, -0.25) is 0 Å². The van der Waals surface area contributed by atoms with Crippen molar-refractivity contribution in [3.05, 3.63) is 35.4 Å². The maximum Gasteiger partial charge on any atom is 0.184 e. The van der Waals surface area contributed by atoms with E-state index in [1.165, 1.54) is 50.5 Å². The molecule has 2 rings (SSSR count). The minimum absolute atomic E-state index is 0.161. The lowest BCUT2D eigenvalue weighted by atomic mass is 10.0. The Kier molecular flexibility index (Phi) is 7.25. The monoisotopic (exact) mass is 290 g/mol. The van der Waals surface area contributed by atoms with Crippen molar-refractivity contribution in [1.29, 1.82) is 0 Å². The molecule has 0 spiro atoms. The fourth-order valence-electron chi connectivity index (χ4n) is 2.82. The number of hydrogen-bond acceptors (Lipinski definition) is 2. The Morgan fingerprint density at radius 2 is 1.76 bits per heavy atom. The van der Waals surface area contributed by atoms with Crippen molar-refractivity contribution in [1.82, 2.24) is 0 Å². The molecule has 0 saturated carbocycles. The number of ether oxygens (including phenoxy) is 2. The van der Waals surface area contributed by atoms with Gasteiger partial charge in [0, 0.05) is 5.56 Å². The second-order valence-electron chi connectivity index (χ2n) is 6.09. The zero-order chi connectivity index (χ0) is 14.9. The van der Waals surface area contributed by atoms with E-state index in [0.29, 0.717) is 6.10 Å². The smallest absolute Gasteiger partial charge is 0.184 e. The van der Waals surface area contributed by atoms with E-state index in [9.17, 15) is 0 Å². The van der Waals surface area contributed by atoms with Crippen LogP contribution in [-0.4, -0.2) is 12.7 Å². The molecule has 1 aliphatic heterocycles. The topological polar surface area (TPSA) is 18.5 Å². The summed E-state index contributed by atoms with van der Waals surface area (Å²) in [4.78, 5) is 0. The van der Waals surface area contributed by atoms with Gasteiger partial charge in [-0.1, -0.05) is 63.8 Å². The molecule has 0 radical (unpaired) electrons. The third-order valence-electron chi connectivity index (χ3n) is 4.23. The quantitative estimate of drug-likeness (QED) is 0.596. The molecular formula is C19H30O2. The highest BCUT2D eigenvalue weighted by Crippen LogP contribution is 2.28. The highest BCUT2D eigenvalue weighted by atomic mass is 16.7. The molecule has 0 aliphatic carbocycles. The summed E-state index contributed by atoms with van der Waals surface area (Å²) >= 11 is 0. The van der Waals surface area contributed by atoms with Crippen LogP contribution in [0.25, 0.3) is 0 Å². The maximum absolute atomic E-state index is 6.12. The van der Waals surface area contributed by atoms with Crippen LogP contribution in [0.5, 0.6) is 0 Å². The van der Waals surface area contributed by atoms with Crippen LogP contribution in [0.15, 0.2) is 24.3 Å². The van der Waals surface area contributed by atoms with Gasteiger partial charge in [-0.25, -0.2) is 0 Å². The fraction of sp³-hybridized carbons (Fsp3) is 0.684. The Bertz CT molecular complexity index is 385. The van der Waals surface area contributed by atoms with E-state index < -0.39 is 0 Å².